The predicted octanol–water partition coefficient (Wildman–Crippen LogP) is 2.82. The lowest BCUT2D eigenvalue weighted by molar-refractivity contribution is 0.0596. The van der Waals surface area contributed by atoms with Gasteiger partial charge in [0.2, 0.25) is 5.28 Å². The van der Waals surface area contributed by atoms with Gasteiger partial charge in [-0.1, -0.05) is 0 Å². The number of hydrogen-bond acceptors (Lipinski definition) is 5. The summed E-state index contributed by atoms with van der Waals surface area (Å²) in [5.74, 6) is 0.240. The monoisotopic (exact) mass is 305 g/mol. The summed E-state index contributed by atoms with van der Waals surface area (Å²) in [5.41, 5.74) is 1.65. The molecule has 7 heteroatoms. The molecule has 0 N–H and O–H groups in total. The second-order valence-electron chi connectivity index (χ2n) is 4.52. The van der Waals surface area contributed by atoms with Crippen molar-refractivity contribution < 1.29 is 13.9 Å². The van der Waals surface area contributed by atoms with Crippen molar-refractivity contribution in [3.63, 3.8) is 0 Å². The lowest BCUT2D eigenvalue weighted by atomic mass is 10.3. The molecule has 3 heterocycles. The number of ether oxygens (including phenoxy) is 1. The topological polar surface area (TPSA) is 70.2 Å². The number of carbonyl (C=O) groups excluding carboxylic acids is 1. The summed E-state index contributed by atoms with van der Waals surface area (Å²) >= 11 is 5.92. The molecule has 0 aromatic carbocycles. The first-order valence-corrected chi connectivity index (χ1v) is 6.62. The SMILES string of the molecule is COC(=O)c1nc(Cl)nc2c1cc(C)n2Cc1ccco1. The molecular weight excluding hydrogens is 294 g/mol. The largest absolute Gasteiger partial charge is 0.467 e. The van der Waals surface area contributed by atoms with Gasteiger partial charge in [0.1, 0.15) is 11.4 Å². The fourth-order valence-electron chi connectivity index (χ4n) is 2.23. The van der Waals surface area contributed by atoms with Crippen LogP contribution in [0.1, 0.15) is 21.9 Å². The van der Waals surface area contributed by atoms with E-state index in [1.54, 1.807) is 6.26 Å². The predicted molar refractivity (Wildman–Crippen MR) is 76.4 cm³/mol. The van der Waals surface area contributed by atoms with Crippen molar-refractivity contribution in [2.24, 2.45) is 0 Å². The Balaban J connectivity index is 2.20. The molecule has 3 aromatic rings. The highest BCUT2D eigenvalue weighted by Gasteiger charge is 2.19. The number of nitrogens with zero attached hydrogens (tertiary/aromatic N) is 3. The van der Waals surface area contributed by atoms with Gasteiger partial charge >= 0.3 is 5.97 Å². The van der Waals surface area contributed by atoms with Crippen LogP contribution < -0.4 is 0 Å². The van der Waals surface area contributed by atoms with Gasteiger partial charge in [-0.2, -0.15) is 4.98 Å². The number of halogens is 1. The van der Waals surface area contributed by atoms with Crippen LogP contribution in [0.25, 0.3) is 11.0 Å². The maximum absolute atomic E-state index is 11.8. The minimum Gasteiger partial charge on any atom is -0.467 e. The number of aromatic nitrogens is 3. The van der Waals surface area contributed by atoms with Gasteiger partial charge in [0.25, 0.3) is 0 Å². The van der Waals surface area contributed by atoms with Gasteiger partial charge in [0, 0.05) is 5.69 Å². The number of furan rings is 1. The Morgan fingerprint density at radius 3 is 2.95 bits per heavy atom. The van der Waals surface area contributed by atoms with Crippen molar-refractivity contribution in [3.8, 4) is 0 Å². The quantitative estimate of drug-likeness (QED) is 0.549. The van der Waals surface area contributed by atoms with Gasteiger partial charge in [-0.3, -0.25) is 0 Å². The second kappa shape index (κ2) is 5.21. The van der Waals surface area contributed by atoms with Crippen molar-refractivity contribution >= 4 is 28.6 Å². The summed E-state index contributed by atoms with van der Waals surface area (Å²) in [6, 6.07) is 5.52. The average Bonchev–Trinajstić information content (AvgIpc) is 3.07. The van der Waals surface area contributed by atoms with E-state index < -0.39 is 5.97 Å². The summed E-state index contributed by atoms with van der Waals surface area (Å²) in [4.78, 5) is 20.0. The fraction of sp³-hybridized carbons (Fsp3) is 0.214. The van der Waals surface area contributed by atoms with Crippen LogP contribution in [-0.2, 0) is 11.3 Å². The number of carbonyl (C=O) groups is 1. The Bertz CT molecular complexity index is 809. The zero-order chi connectivity index (χ0) is 15.0. The number of methoxy groups -OCH3 is 1. The number of fused-ring (bicyclic) bond motifs is 1. The first-order valence-electron chi connectivity index (χ1n) is 6.24. The lowest BCUT2D eigenvalue weighted by Crippen LogP contribution is -2.07. The zero-order valence-electron chi connectivity index (χ0n) is 11.5. The van der Waals surface area contributed by atoms with E-state index in [-0.39, 0.29) is 11.0 Å². The van der Waals surface area contributed by atoms with Gasteiger partial charge in [0.15, 0.2) is 5.69 Å². The molecule has 0 spiro atoms. The molecule has 0 amide bonds. The van der Waals surface area contributed by atoms with Gasteiger partial charge in [0.05, 0.1) is 25.3 Å². The molecule has 0 saturated carbocycles. The molecule has 21 heavy (non-hydrogen) atoms. The molecule has 0 fully saturated rings. The highest BCUT2D eigenvalue weighted by Crippen LogP contribution is 2.24. The van der Waals surface area contributed by atoms with E-state index in [0.717, 1.165) is 11.5 Å². The third-order valence-corrected chi connectivity index (χ3v) is 3.37. The van der Waals surface area contributed by atoms with Gasteiger partial charge < -0.3 is 13.7 Å². The molecule has 0 aliphatic rings. The zero-order valence-corrected chi connectivity index (χ0v) is 12.2. The molecule has 0 aliphatic heterocycles. The Morgan fingerprint density at radius 2 is 2.29 bits per heavy atom. The van der Waals surface area contributed by atoms with Crippen molar-refractivity contribution in [3.05, 3.63) is 46.9 Å². The van der Waals surface area contributed by atoms with Crippen LogP contribution in [0, 0.1) is 6.92 Å². The van der Waals surface area contributed by atoms with Crippen LogP contribution in [0.3, 0.4) is 0 Å². The van der Waals surface area contributed by atoms with E-state index in [2.05, 4.69) is 9.97 Å². The average molecular weight is 306 g/mol. The van der Waals surface area contributed by atoms with Gasteiger partial charge in [-0.15, -0.1) is 0 Å². The van der Waals surface area contributed by atoms with E-state index in [1.807, 2.05) is 29.7 Å². The van der Waals surface area contributed by atoms with Crippen molar-refractivity contribution in [2.75, 3.05) is 7.11 Å². The molecule has 0 atom stereocenters. The van der Waals surface area contributed by atoms with E-state index >= 15 is 0 Å². The summed E-state index contributed by atoms with van der Waals surface area (Å²) in [6.07, 6.45) is 1.61. The molecule has 0 unspecified atom stereocenters. The summed E-state index contributed by atoms with van der Waals surface area (Å²) in [7, 11) is 1.30. The van der Waals surface area contributed by atoms with Crippen molar-refractivity contribution in [2.45, 2.75) is 13.5 Å². The molecule has 3 rings (SSSR count). The molecule has 0 saturated heterocycles. The molecule has 0 aliphatic carbocycles. The van der Waals surface area contributed by atoms with E-state index in [9.17, 15) is 4.79 Å². The smallest absolute Gasteiger partial charge is 0.357 e. The van der Waals surface area contributed by atoms with Crippen LogP contribution in [0.2, 0.25) is 5.28 Å². The molecular formula is C14H12ClN3O3. The molecule has 0 bridgehead atoms. The van der Waals surface area contributed by atoms with E-state index in [1.165, 1.54) is 7.11 Å². The third kappa shape index (κ3) is 2.38. The van der Waals surface area contributed by atoms with Crippen LogP contribution >= 0.6 is 11.6 Å². The number of esters is 1. The molecule has 108 valence electrons. The number of aryl methyl sites for hydroxylation is 1. The molecule has 0 radical (unpaired) electrons. The molecule has 3 aromatic heterocycles. The molecule has 6 nitrogen and oxygen atoms in total. The van der Waals surface area contributed by atoms with Crippen molar-refractivity contribution in [1.82, 2.24) is 14.5 Å². The Morgan fingerprint density at radius 1 is 1.48 bits per heavy atom. The maximum atomic E-state index is 11.8. The van der Waals surface area contributed by atoms with Crippen LogP contribution in [0.15, 0.2) is 28.9 Å². The van der Waals surface area contributed by atoms with E-state index in [0.29, 0.717) is 17.6 Å². The highest BCUT2D eigenvalue weighted by molar-refractivity contribution is 6.29. The van der Waals surface area contributed by atoms with Gasteiger partial charge in [-0.05, 0) is 36.7 Å². The fourth-order valence-corrected chi connectivity index (χ4v) is 2.40. The highest BCUT2D eigenvalue weighted by atomic mass is 35.5. The van der Waals surface area contributed by atoms with Crippen LogP contribution in [0.5, 0.6) is 0 Å². The summed E-state index contributed by atoms with van der Waals surface area (Å²) in [6.45, 7) is 2.41. The minimum absolute atomic E-state index is 0.00157. The lowest BCUT2D eigenvalue weighted by Gasteiger charge is -2.06. The second-order valence-corrected chi connectivity index (χ2v) is 4.86. The van der Waals surface area contributed by atoms with E-state index in [4.69, 9.17) is 20.8 Å². The Labute approximate surface area is 125 Å². The van der Waals surface area contributed by atoms with Crippen molar-refractivity contribution in [1.29, 1.82) is 0 Å². The Hall–Kier alpha value is -2.34. The normalized spacial score (nSPS) is 11.0. The standard InChI is InChI=1S/C14H12ClN3O3/c1-8-6-10-11(13(19)20-2)16-14(15)17-12(10)18(8)7-9-4-3-5-21-9/h3-6H,7H2,1-2H3. The van der Waals surface area contributed by atoms with Crippen LogP contribution in [0.4, 0.5) is 0 Å². The summed E-state index contributed by atoms with van der Waals surface area (Å²) < 4.78 is 12.0. The first-order chi connectivity index (χ1) is 10.1. The third-order valence-electron chi connectivity index (χ3n) is 3.21. The summed E-state index contributed by atoms with van der Waals surface area (Å²) in [5, 5.41) is 0.608. The maximum Gasteiger partial charge on any atom is 0.357 e. The van der Waals surface area contributed by atoms with Gasteiger partial charge in [-0.25, -0.2) is 9.78 Å². The minimum atomic E-state index is -0.542. The first kappa shape index (κ1) is 13.6. The number of rotatable bonds is 3. The Kier molecular flexibility index (Phi) is 3.39. The number of hydrogen-bond donors (Lipinski definition) is 0. The van der Waals surface area contributed by atoms with Crippen LogP contribution in [-0.4, -0.2) is 27.6 Å².